The Morgan fingerprint density at radius 3 is 2.43 bits per heavy atom. The van der Waals surface area contributed by atoms with Crippen molar-refractivity contribution in [1.29, 1.82) is 0 Å². The van der Waals surface area contributed by atoms with Gasteiger partial charge in [0.15, 0.2) is 0 Å². The predicted octanol–water partition coefficient (Wildman–Crippen LogP) is 3.85. The minimum absolute atomic E-state index is 0. The Hall–Kier alpha value is -0.102. The maximum Gasteiger partial charge on any atom is 0.0811 e. The fourth-order valence-corrected chi connectivity index (χ4v) is 1.70. The molecule has 0 bridgehead atoms. The summed E-state index contributed by atoms with van der Waals surface area (Å²) in [5.41, 5.74) is 1.65. The van der Waals surface area contributed by atoms with Gasteiger partial charge in [-0.3, -0.25) is 4.98 Å². The minimum atomic E-state index is 0. The molecule has 1 aromatic heterocycles. The second kappa shape index (κ2) is 4.61. The first-order valence-corrected chi connectivity index (χ1v) is 4.66. The zero-order chi connectivity index (χ0) is 9.42. The van der Waals surface area contributed by atoms with E-state index in [9.17, 15) is 0 Å². The molecule has 0 N–H and O–H groups in total. The van der Waals surface area contributed by atoms with E-state index in [1.165, 1.54) is 0 Å². The van der Waals surface area contributed by atoms with Gasteiger partial charge in [0.1, 0.15) is 0 Å². The number of hydrogen-bond acceptors (Lipinski definition) is 1. The molecule has 0 saturated heterocycles. The van der Waals surface area contributed by atoms with Crippen molar-refractivity contribution in [2.24, 2.45) is 0 Å². The molecule has 1 nitrogen and oxygen atoms in total. The monoisotopic (exact) mass is 406 g/mol. The molecule has 4 heteroatoms. The molecule has 1 heterocycles. The summed E-state index contributed by atoms with van der Waals surface area (Å²) in [6, 6.07) is 7.68. The molecular formula is C10H7Cl2NPt. The van der Waals surface area contributed by atoms with Crippen LogP contribution in [0.1, 0.15) is 5.69 Å². The Morgan fingerprint density at radius 2 is 1.71 bits per heavy atom. The molecule has 0 fully saturated rings. The number of nitrogens with zero attached hydrogens (tertiary/aromatic N) is 1. The first kappa shape index (κ1) is 12.0. The van der Waals surface area contributed by atoms with E-state index in [0.29, 0.717) is 10.0 Å². The fourth-order valence-electron chi connectivity index (χ4n) is 1.26. The zero-order valence-electron chi connectivity index (χ0n) is 7.33. The van der Waals surface area contributed by atoms with Gasteiger partial charge in [-0.1, -0.05) is 41.4 Å². The first-order valence-electron chi connectivity index (χ1n) is 3.90. The van der Waals surface area contributed by atoms with Gasteiger partial charge >= 0.3 is 0 Å². The van der Waals surface area contributed by atoms with Crippen LogP contribution in [0.5, 0.6) is 0 Å². The van der Waals surface area contributed by atoms with Gasteiger partial charge in [0.05, 0.1) is 21.3 Å². The van der Waals surface area contributed by atoms with Gasteiger partial charge in [0.25, 0.3) is 0 Å². The van der Waals surface area contributed by atoms with E-state index in [0.717, 1.165) is 16.6 Å². The number of para-hydroxylation sites is 1. The largest absolute Gasteiger partial charge is 0.251 e. The summed E-state index contributed by atoms with van der Waals surface area (Å²) < 4.78 is 0. The van der Waals surface area contributed by atoms with Crippen LogP contribution in [0.25, 0.3) is 10.9 Å². The quantitative estimate of drug-likeness (QED) is 0.647. The van der Waals surface area contributed by atoms with E-state index in [1.54, 1.807) is 0 Å². The predicted molar refractivity (Wildman–Crippen MR) is 56.5 cm³/mol. The van der Waals surface area contributed by atoms with Crippen LogP contribution in [-0.2, 0) is 21.1 Å². The van der Waals surface area contributed by atoms with Gasteiger partial charge in [0, 0.05) is 26.5 Å². The molecule has 0 spiro atoms. The molecule has 76 valence electrons. The average Bonchev–Trinajstić information content (AvgIpc) is 2.15. The van der Waals surface area contributed by atoms with E-state index >= 15 is 0 Å². The van der Waals surface area contributed by atoms with Gasteiger partial charge in [0.2, 0.25) is 0 Å². The third kappa shape index (κ3) is 1.95. The Bertz CT molecular complexity index is 471. The molecule has 0 aliphatic heterocycles. The Labute approximate surface area is 107 Å². The molecule has 2 aromatic rings. The van der Waals surface area contributed by atoms with Crippen LogP contribution in [0.15, 0.2) is 24.3 Å². The molecule has 2 rings (SSSR count). The third-order valence-electron chi connectivity index (χ3n) is 1.94. The Morgan fingerprint density at radius 1 is 1.07 bits per heavy atom. The molecule has 0 radical (unpaired) electrons. The van der Waals surface area contributed by atoms with E-state index in [4.69, 9.17) is 23.2 Å². The number of hydrogen-bond donors (Lipinski definition) is 0. The first-order chi connectivity index (χ1) is 6.20. The molecule has 0 aliphatic rings. The van der Waals surface area contributed by atoms with E-state index < -0.39 is 0 Å². The average molecular weight is 407 g/mol. The van der Waals surface area contributed by atoms with Gasteiger partial charge in [-0.2, -0.15) is 0 Å². The summed E-state index contributed by atoms with van der Waals surface area (Å²) in [6.45, 7) is 1.85. The van der Waals surface area contributed by atoms with Crippen LogP contribution in [0, 0.1) is 6.92 Å². The normalized spacial score (nSPS) is 9.93. The standard InChI is InChI=1S/C10H7Cl2N.Pt/c1-6-9(11)10(12)7-4-2-3-5-8(7)13-6;/h2-5H,1H3;. The summed E-state index contributed by atoms with van der Waals surface area (Å²) >= 11 is 12.0. The number of rotatable bonds is 0. The van der Waals surface area contributed by atoms with Crippen molar-refractivity contribution in [1.82, 2.24) is 4.98 Å². The van der Waals surface area contributed by atoms with Crippen LogP contribution in [0.3, 0.4) is 0 Å². The molecule has 0 atom stereocenters. The van der Waals surface area contributed by atoms with E-state index in [-0.39, 0.29) is 21.1 Å². The number of aromatic nitrogens is 1. The van der Waals surface area contributed by atoms with Gasteiger partial charge < -0.3 is 0 Å². The number of halogens is 2. The van der Waals surface area contributed by atoms with Gasteiger partial charge in [-0.05, 0) is 13.0 Å². The molecule has 1 aromatic carbocycles. The molecule has 14 heavy (non-hydrogen) atoms. The molecule has 0 saturated carbocycles. The van der Waals surface area contributed by atoms with Gasteiger partial charge in [-0.25, -0.2) is 0 Å². The zero-order valence-corrected chi connectivity index (χ0v) is 11.1. The van der Waals surface area contributed by atoms with Crippen molar-refractivity contribution in [3.63, 3.8) is 0 Å². The number of fused-ring (bicyclic) bond motifs is 1. The summed E-state index contributed by atoms with van der Waals surface area (Å²) in [4.78, 5) is 4.32. The second-order valence-electron chi connectivity index (χ2n) is 2.84. The number of pyridine rings is 1. The van der Waals surface area contributed by atoms with Crippen LogP contribution in [-0.4, -0.2) is 4.98 Å². The van der Waals surface area contributed by atoms with Crippen molar-refractivity contribution in [3.8, 4) is 0 Å². The van der Waals surface area contributed by atoms with Gasteiger partial charge in [-0.15, -0.1) is 0 Å². The van der Waals surface area contributed by atoms with Crippen LogP contribution >= 0.6 is 23.2 Å². The molecular weight excluding hydrogens is 400 g/mol. The molecule has 0 aliphatic carbocycles. The second-order valence-corrected chi connectivity index (χ2v) is 3.60. The maximum absolute atomic E-state index is 6.06. The summed E-state index contributed by atoms with van der Waals surface area (Å²) in [7, 11) is 0. The summed E-state index contributed by atoms with van der Waals surface area (Å²) in [5.74, 6) is 0. The van der Waals surface area contributed by atoms with Crippen molar-refractivity contribution in [2.75, 3.05) is 0 Å². The fraction of sp³-hybridized carbons (Fsp3) is 0.100. The van der Waals surface area contributed by atoms with Crippen LogP contribution in [0.4, 0.5) is 0 Å². The SMILES string of the molecule is Cc1nc2ccccc2c(Cl)c1Cl.[Pt]. The minimum Gasteiger partial charge on any atom is -0.251 e. The molecule has 0 unspecified atom stereocenters. The van der Waals surface area contributed by atoms with E-state index in [2.05, 4.69) is 4.98 Å². The van der Waals surface area contributed by atoms with Crippen molar-refractivity contribution >= 4 is 34.1 Å². The van der Waals surface area contributed by atoms with Crippen LogP contribution in [0.2, 0.25) is 10.0 Å². The van der Waals surface area contributed by atoms with Crippen molar-refractivity contribution in [3.05, 3.63) is 40.0 Å². The Balaban J connectivity index is 0.000000980. The number of aryl methyl sites for hydroxylation is 1. The summed E-state index contributed by atoms with van der Waals surface area (Å²) in [5, 5.41) is 2.03. The van der Waals surface area contributed by atoms with Crippen molar-refractivity contribution in [2.45, 2.75) is 6.92 Å². The molecule has 0 amide bonds. The maximum atomic E-state index is 6.06. The smallest absolute Gasteiger partial charge is 0.0811 e. The third-order valence-corrected chi connectivity index (χ3v) is 2.89. The van der Waals surface area contributed by atoms with Crippen molar-refractivity contribution < 1.29 is 21.1 Å². The van der Waals surface area contributed by atoms with E-state index in [1.807, 2.05) is 31.2 Å². The Kier molecular flexibility index (Phi) is 3.94. The summed E-state index contributed by atoms with van der Waals surface area (Å²) in [6.07, 6.45) is 0. The topological polar surface area (TPSA) is 12.9 Å². The van der Waals surface area contributed by atoms with Crippen LogP contribution < -0.4 is 0 Å². The number of benzene rings is 1.